The van der Waals surface area contributed by atoms with Gasteiger partial charge in [-0.1, -0.05) is 6.92 Å². The van der Waals surface area contributed by atoms with Crippen LogP contribution >= 0.6 is 0 Å². The van der Waals surface area contributed by atoms with E-state index >= 15 is 0 Å². The summed E-state index contributed by atoms with van der Waals surface area (Å²) in [5.41, 5.74) is 1.06. The Hall–Kier alpha value is -1.09. The first-order valence-electron chi connectivity index (χ1n) is 6.33. The van der Waals surface area contributed by atoms with E-state index in [4.69, 9.17) is 0 Å². The van der Waals surface area contributed by atoms with E-state index in [1.807, 2.05) is 19.2 Å². The van der Waals surface area contributed by atoms with Crippen molar-refractivity contribution in [2.45, 2.75) is 32.7 Å². The van der Waals surface area contributed by atoms with Gasteiger partial charge in [0.1, 0.15) is 5.82 Å². The van der Waals surface area contributed by atoms with Gasteiger partial charge in [-0.3, -0.25) is 0 Å². The predicted octanol–water partition coefficient (Wildman–Crippen LogP) is 3.04. The van der Waals surface area contributed by atoms with E-state index in [-0.39, 0.29) is 5.82 Å². The average Bonchev–Trinajstić information content (AvgIpc) is 2.34. The molecule has 0 fully saturated rings. The van der Waals surface area contributed by atoms with Gasteiger partial charge in [-0.25, -0.2) is 4.39 Å². The Bertz CT molecular complexity index is 311. The molecule has 17 heavy (non-hydrogen) atoms. The first-order chi connectivity index (χ1) is 8.13. The molecule has 1 rings (SSSR count). The highest BCUT2D eigenvalue weighted by Crippen LogP contribution is 2.13. The largest absolute Gasteiger partial charge is 0.375 e. The molecule has 0 heterocycles. The topological polar surface area (TPSA) is 15.3 Å². The summed E-state index contributed by atoms with van der Waals surface area (Å²) in [6.07, 6.45) is 2.26. The molecule has 1 atom stereocenters. The first-order valence-corrected chi connectivity index (χ1v) is 6.33. The van der Waals surface area contributed by atoms with E-state index in [1.54, 1.807) is 0 Å². The van der Waals surface area contributed by atoms with Gasteiger partial charge in [0, 0.05) is 25.3 Å². The number of hydrogen-bond acceptors (Lipinski definition) is 2. The quantitative estimate of drug-likeness (QED) is 0.785. The fraction of sp³-hybridized carbons (Fsp3) is 0.571. The summed E-state index contributed by atoms with van der Waals surface area (Å²) in [6.45, 7) is 6.42. The third kappa shape index (κ3) is 5.18. The van der Waals surface area contributed by atoms with Crippen LogP contribution in [0.3, 0.4) is 0 Å². The average molecular weight is 238 g/mol. The van der Waals surface area contributed by atoms with E-state index < -0.39 is 0 Å². The van der Waals surface area contributed by atoms with Gasteiger partial charge in [-0.15, -0.1) is 0 Å². The molecule has 1 N–H and O–H groups in total. The first kappa shape index (κ1) is 14.0. The van der Waals surface area contributed by atoms with Crippen LogP contribution in [-0.4, -0.2) is 26.2 Å². The Balaban J connectivity index is 2.34. The summed E-state index contributed by atoms with van der Waals surface area (Å²) >= 11 is 0. The molecule has 0 aliphatic carbocycles. The van der Waals surface area contributed by atoms with Crippen LogP contribution in [0.25, 0.3) is 0 Å². The molecule has 0 amide bonds. The lowest BCUT2D eigenvalue weighted by Gasteiger charge is -2.22. The van der Waals surface area contributed by atoms with Gasteiger partial charge in [0.15, 0.2) is 0 Å². The van der Waals surface area contributed by atoms with Gasteiger partial charge >= 0.3 is 0 Å². The fourth-order valence-corrected chi connectivity index (χ4v) is 1.70. The summed E-state index contributed by atoms with van der Waals surface area (Å²) in [5, 5.41) is 3.46. The number of halogens is 1. The highest BCUT2D eigenvalue weighted by molar-refractivity contribution is 5.45. The van der Waals surface area contributed by atoms with Crippen molar-refractivity contribution >= 4 is 5.69 Å². The summed E-state index contributed by atoms with van der Waals surface area (Å²) in [7, 11) is 2.04. The molecule has 0 spiro atoms. The maximum absolute atomic E-state index is 12.8. The molecule has 0 saturated heterocycles. The van der Waals surface area contributed by atoms with Crippen LogP contribution in [0.15, 0.2) is 24.3 Å². The third-order valence-corrected chi connectivity index (χ3v) is 2.91. The highest BCUT2D eigenvalue weighted by Gasteiger charge is 2.04. The van der Waals surface area contributed by atoms with E-state index in [0.29, 0.717) is 6.04 Å². The number of nitrogens with one attached hydrogen (secondary N) is 1. The van der Waals surface area contributed by atoms with Crippen LogP contribution in [-0.2, 0) is 0 Å². The maximum Gasteiger partial charge on any atom is 0.123 e. The van der Waals surface area contributed by atoms with Crippen LogP contribution < -0.4 is 10.2 Å². The molecule has 0 bridgehead atoms. The lowest BCUT2D eigenvalue weighted by atomic mass is 10.2. The van der Waals surface area contributed by atoms with Crippen LogP contribution in [0.1, 0.15) is 26.7 Å². The van der Waals surface area contributed by atoms with E-state index in [0.717, 1.165) is 31.6 Å². The molecule has 0 saturated carbocycles. The van der Waals surface area contributed by atoms with Gasteiger partial charge < -0.3 is 10.2 Å². The van der Waals surface area contributed by atoms with Crippen molar-refractivity contribution in [3.63, 3.8) is 0 Å². The lowest BCUT2D eigenvalue weighted by molar-refractivity contribution is 0.514. The van der Waals surface area contributed by atoms with E-state index in [2.05, 4.69) is 24.1 Å². The van der Waals surface area contributed by atoms with E-state index in [9.17, 15) is 4.39 Å². The van der Waals surface area contributed by atoms with Gasteiger partial charge in [-0.05, 0) is 50.6 Å². The smallest absolute Gasteiger partial charge is 0.123 e. The van der Waals surface area contributed by atoms with Crippen molar-refractivity contribution in [1.82, 2.24) is 5.32 Å². The van der Waals surface area contributed by atoms with Crippen LogP contribution in [0.2, 0.25) is 0 Å². The summed E-state index contributed by atoms with van der Waals surface area (Å²) in [5.74, 6) is -0.180. The Morgan fingerprint density at radius 3 is 2.53 bits per heavy atom. The molecule has 0 aliphatic rings. The number of rotatable bonds is 7. The Kier molecular flexibility index (Phi) is 5.98. The normalized spacial score (nSPS) is 12.5. The van der Waals surface area contributed by atoms with E-state index in [1.165, 1.54) is 12.1 Å². The van der Waals surface area contributed by atoms with Crippen molar-refractivity contribution < 1.29 is 4.39 Å². The number of benzene rings is 1. The van der Waals surface area contributed by atoms with Crippen molar-refractivity contribution in [3.05, 3.63) is 30.1 Å². The van der Waals surface area contributed by atoms with Crippen LogP contribution in [0.5, 0.6) is 0 Å². The van der Waals surface area contributed by atoms with Gasteiger partial charge in [0.2, 0.25) is 0 Å². The number of anilines is 1. The Morgan fingerprint density at radius 2 is 1.94 bits per heavy atom. The molecule has 2 nitrogen and oxygen atoms in total. The minimum Gasteiger partial charge on any atom is -0.375 e. The zero-order valence-electron chi connectivity index (χ0n) is 11.0. The zero-order valence-corrected chi connectivity index (χ0v) is 11.0. The molecule has 1 aromatic rings. The number of nitrogens with zero attached hydrogens (tertiary/aromatic N) is 1. The Labute approximate surface area is 104 Å². The zero-order chi connectivity index (χ0) is 12.7. The minimum absolute atomic E-state index is 0.180. The van der Waals surface area contributed by atoms with Gasteiger partial charge in [0.05, 0.1) is 0 Å². The predicted molar refractivity (Wildman–Crippen MR) is 72.0 cm³/mol. The summed E-state index contributed by atoms with van der Waals surface area (Å²) in [6, 6.07) is 7.17. The third-order valence-electron chi connectivity index (χ3n) is 2.91. The molecule has 0 aliphatic heterocycles. The van der Waals surface area contributed by atoms with Crippen molar-refractivity contribution in [1.29, 1.82) is 0 Å². The fourth-order valence-electron chi connectivity index (χ4n) is 1.70. The van der Waals surface area contributed by atoms with Gasteiger partial charge in [0.25, 0.3) is 0 Å². The van der Waals surface area contributed by atoms with Crippen molar-refractivity contribution in [2.24, 2.45) is 0 Å². The summed E-state index contributed by atoms with van der Waals surface area (Å²) in [4.78, 5) is 2.16. The molecular weight excluding hydrogens is 215 g/mol. The second-order valence-corrected chi connectivity index (χ2v) is 4.54. The SMILES string of the molecule is CCCNC(C)CCN(C)c1ccc(F)cc1. The molecule has 0 radical (unpaired) electrons. The second kappa shape index (κ2) is 7.28. The molecule has 0 aromatic heterocycles. The maximum atomic E-state index is 12.8. The van der Waals surface area contributed by atoms with Crippen molar-refractivity contribution in [2.75, 3.05) is 25.0 Å². The van der Waals surface area contributed by atoms with Crippen molar-refractivity contribution in [3.8, 4) is 0 Å². The summed E-state index contributed by atoms with van der Waals surface area (Å²) < 4.78 is 12.8. The standard InChI is InChI=1S/C14H23FN2/c1-4-10-16-12(2)9-11-17(3)14-7-5-13(15)6-8-14/h5-8,12,16H,4,9-11H2,1-3H3. The lowest BCUT2D eigenvalue weighted by Crippen LogP contribution is -2.31. The molecule has 3 heteroatoms. The number of hydrogen-bond donors (Lipinski definition) is 1. The molecule has 96 valence electrons. The molecule has 1 aromatic carbocycles. The Morgan fingerprint density at radius 1 is 1.29 bits per heavy atom. The monoisotopic (exact) mass is 238 g/mol. The molecule has 1 unspecified atom stereocenters. The van der Waals surface area contributed by atoms with Crippen LogP contribution in [0.4, 0.5) is 10.1 Å². The van der Waals surface area contributed by atoms with Gasteiger partial charge in [-0.2, -0.15) is 0 Å². The van der Waals surface area contributed by atoms with Crippen LogP contribution in [0, 0.1) is 5.82 Å². The molecular formula is C14H23FN2. The minimum atomic E-state index is -0.180. The second-order valence-electron chi connectivity index (χ2n) is 4.54. The highest BCUT2D eigenvalue weighted by atomic mass is 19.1.